The molecule has 0 aliphatic carbocycles. The lowest BCUT2D eigenvalue weighted by atomic mass is 10.0. The van der Waals surface area contributed by atoms with Gasteiger partial charge in [0.25, 0.3) is 0 Å². The number of anilines is 2. The molecule has 4 rings (SSSR count). The molecule has 0 amide bonds. The molecular formula is C17H17BrN6. The van der Waals surface area contributed by atoms with Crippen molar-refractivity contribution in [3.8, 4) is 0 Å². The second-order valence-electron chi connectivity index (χ2n) is 5.87. The molecule has 1 aliphatic rings. The lowest BCUT2D eigenvalue weighted by Crippen LogP contribution is -2.39. The molecule has 0 unspecified atom stereocenters. The van der Waals surface area contributed by atoms with E-state index >= 15 is 0 Å². The molecule has 4 heterocycles. The summed E-state index contributed by atoms with van der Waals surface area (Å²) in [5.41, 5.74) is 3.04. The van der Waals surface area contributed by atoms with Gasteiger partial charge in [-0.15, -0.1) is 5.10 Å². The molecule has 1 saturated heterocycles. The predicted molar refractivity (Wildman–Crippen MR) is 98.1 cm³/mol. The maximum absolute atomic E-state index is 4.56. The fraction of sp³-hybridized carbons (Fsp3) is 0.294. The highest BCUT2D eigenvalue weighted by Crippen LogP contribution is 2.28. The van der Waals surface area contributed by atoms with Gasteiger partial charge < -0.3 is 10.2 Å². The van der Waals surface area contributed by atoms with Crippen LogP contribution in [0.25, 0.3) is 11.0 Å². The Labute approximate surface area is 148 Å². The summed E-state index contributed by atoms with van der Waals surface area (Å²) in [5, 5.41) is 11.5. The number of nitrogens with zero attached hydrogens (tertiary/aromatic N) is 5. The Morgan fingerprint density at radius 2 is 2.00 bits per heavy atom. The number of nitrogens with one attached hydrogen (secondary N) is 1. The van der Waals surface area contributed by atoms with Crippen LogP contribution in [0.1, 0.15) is 12.8 Å². The van der Waals surface area contributed by atoms with Crippen LogP contribution < -0.4 is 10.2 Å². The zero-order chi connectivity index (χ0) is 16.4. The highest BCUT2D eigenvalue weighted by Gasteiger charge is 2.21. The minimum absolute atomic E-state index is 0.424. The molecular weight excluding hydrogens is 368 g/mol. The maximum atomic E-state index is 4.56. The summed E-state index contributed by atoms with van der Waals surface area (Å²) in [4.78, 5) is 11.4. The normalized spacial score (nSPS) is 15.6. The van der Waals surface area contributed by atoms with Gasteiger partial charge in [0.1, 0.15) is 11.3 Å². The van der Waals surface area contributed by atoms with Crippen LogP contribution in [0.3, 0.4) is 0 Å². The molecule has 1 fully saturated rings. The van der Waals surface area contributed by atoms with E-state index in [9.17, 15) is 0 Å². The van der Waals surface area contributed by atoms with Crippen molar-refractivity contribution in [3.63, 3.8) is 0 Å². The second kappa shape index (κ2) is 6.68. The van der Waals surface area contributed by atoms with E-state index in [2.05, 4.69) is 52.4 Å². The zero-order valence-corrected chi connectivity index (χ0v) is 14.6. The molecule has 0 spiro atoms. The van der Waals surface area contributed by atoms with Crippen molar-refractivity contribution >= 4 is 38.5 Å². The SMILES string of the molecule is Brc1cnc2c(N3CCC(Nc4cccnn4)CC3)ccnc2c1. The van der Waals surface area contributed by atoms with Crippen LogP contribution in [0.2, 0.25) is 0 Å². The largest absolute Gasteiger partial charge is 0.370 e. The Morgan fingerprint density at radius 3 is 2.79 bits per heavy atom. The Hall–Kier alpha value is -2.28. The third-order valence-electron chi connectivity index (χ3n) is 4.28. The van der Waals surface area contributed by atoms with Crippen molar-refractivity contribution in [1.82, 2.24) is 20.2 Å². The molecule has 1 aliphatic heterocycles. The summed E-state index contributed by atoms with van der Waals surface area (Å²) in [6.45, 7) is 1.96. The highest BCUT2D eigenvalue weighted by atomic mass is 79.9. The molecule has 0 saturated carbocycles. The standard InChI is InChI=1S/C17H17BrN6/c18-12-10-14-17(20-11-12)15(3-7-19-14)24-8-4-13(5-9-24)22-16-2-1-6-21-23-16/h1-3,6-7,10-11,13H,4-5,8-9H2,(H,22,23). The first kappa shape index (κ1) is 15.3. The minimum Gasteiger partial charge on any atom is -0.370 e. The molecule has 3 aromatic heterocycles. The van der Waals surface area contributed by atoms with Crippen LogP contribution in [0.15, 0.2) is 47.3 Å². The smallest absolute Gasteiger partial charge is 0.148 e. The van der Waals surface area contributed by atoms with Crippen LogP contribution >= 0.6 is 15.9 Å². The highest BCUT2D eigenvalue weighted by molar-refractivity contribution is 9.10. The fourth-order valence-corrected chi connectivity index (χ4v) is 3.42. The summed E-state index contributed by atoms with van der Waals surface area (Å²) in [7, 11) is 0. The summed E-state index contributed by atoms with van der Waals surface area (Å²) in [5.74, 6) is 0.844. The first-order valence-electron chi connectivity index (χ1n) is 7.99. The molecule has 6 nitrogen and oxygen atoms in total. The van der Waals surface area contributed by atoms with Crippen LogP contribution in [-0.2, 0) is 0 Å². The van der Waals surface area contributed by atoms with Gasteiger partial charge in [0.05, 0.1) is 11.2 Å². The van der Waals surface area contributed by atoms with E-state index in [0.29, 0.717) is 6.04 Å². The average molecular weight is 385 g/mol. The molecule has 0 atom stereocenters. The lowest BCUT2D eigenvalue weighted by molar-refractivity contribution is 0.525. The van der Waals surface area contributed by atoms with E-state index < -0.39 is 0 Å². The molecule has 1 N–H and O–H groups in total. The fourth-order valence-electron chi connectivity index (χ4n) is 3.10. The number of aromatic nitrogens is 4. The van der Waals surface area contributed by atoms with Crippen molar-refractivity contribution < 1.29 is 0 Å². The predicted octanol–water partition coefficient (Wildman–Crippen LogP) is 3.26. The van der Waals surface area contributed by atoms with Crippen LogP contribution in [0, 0.1) is 0 Å². The molecule has 0 aromatic carbocycles. The number of pyridine rings is 2. The number of hydrogen-bond donors (Lipinski definition) is 1. The van der Waals surface area contributed by atoms with Crippen molar-refractivity contribution in [2.45, 2.75) is 18.9 Å². The van der Waals surface area contributed by atoms with Gasteiger partial charge in [0, 0.05) is 42.2 Å². The van der Waals surface area contributed by atoms with Gasteiger partial charge in [-0.05, 0) is 53.0 Å². The average Bonchev–Trinajstić information content (AvgIpc) is 2.62. The number of halogens is 1. The number of fused-ring (bicyclic) bond motifs is 1. The second-order valence-corrected chi connectivity index (χ2v) is 6.78. The molecule has 24 heavy (non-hydrogen) atoms. The van der Waals surface area contributed by atoms with Crippen molar-refractivity contribution in [2.24, 2.45) is 0 Å². The Morgan fingerprint density at radius 1 is 1.12 bits per heavy atom. The topological polar surface area (TPSA) is 66.8 Å². The van der Waals surface area contributed by atoms with Crippen LogP contribution in [0.4, 0.5) is 11.5 Å². The monoisotopic (exact) mass is 384 g/mol. The quantitative estimate of drug-likeness (QED) is 0.747. The zero-order valence-electron chi connectivity index (χ0n) is 13.1. The molecule has 0 radical (unpaired) electrons. The van der Waals surface area contributed by atoms with Gasteiger partial charge in [0.15, 0.2) is 0 Å². The molecule has 122 valence electrons. The van der Waals surface area contributed by atoms with E-state index in [0.717, 1.165) is 52.9 Å². The summed E-state index contributed by atoms with van der Waals surface area (Å²) in [6, 6.07) is 8.34. The van der Waals surface area contributed by atoms with Crippen molar-refractivity contribution in [1.29, 1.82) is 0 Å². The van der Waals surface area contributed by atoms with E-state index in [1.54, 1.807) is 6.20 Å². The molecule has 3 aromatic rings. The summed E-state index contributed by atoms with van der Waals surface area (Å²) in [6.07, 6.45) is 7.48. The van der Waals surface area contributed by atoms with Gasteiger partial charge in [0.2, 0.25) is 0 Å². The van der Waals surface area contributed by atoms with E-state index in [1.807, 2.05) is 30.6 Å². The minimum atomic E-state index is 0.424. The Kier molecular flexibility index (Phi) is 4.25. The Bertz CT molecular complexity index is 833. The van der Waals surface area contributed by atoms with Gasteiger partial charge in [-0.25, -0.2) is 0 Å². The van der Waals surface area contributed by atoms with E-state index in [1.165, 1.54) is 0 Å². The molecule has 0 bridgehead atoms. The van der Waals surface area contributed by atoms with Crippen molar-refractivity contribution in [3.05, 3.63) is 47.3 Å². The maximum Gasteiger partial charge on any atom is 0.148 e. The first-order valence-corrected chi connectivity index (χ1v) is 8.78. The Balaban J connectivity index is 1.48. The van der Waals surface area contributed by atoms with Gasteiger partial charge in [-0.2, -0.15) is 5.10 Å². The van der Waals surface area contributed by atoms with Gasteiger partial charge >= 0.3 is 0 Å². The third kappa shape index (κ3) is 3.17. The van der Waals surface area contributed by atoms with Crippen molar-refractivity contribution in [2.75, 3.05) is 23.3 Å². The number of piperidine rings is 1. The summed E-state index contributed by atoms with van der Waals surface area (Å²) >= 11 is 3.46. The summed E-state index contributed by atoms with van der Waals surface area (Å²) < 4.78 is 0.950. The number of hydrogen-bond acceptors (Lipinski definition) is 6. The first-order chi connectivity index (χ1) is 11.8. The van der Waals surface area contributed by atoms with Crippen LogP contribution in [-0.4, -0.2) is 39.3 Å². The molecule has 7 heteroatoms. The van der Waals surface area contributed by atoms with E-state index in [4.69, 9.17) is 0 Å². The lowest BCUT2D eigenvalue weighted by Gasteiger charge is -2.34. The van der Waals surface area contributed by atoms with Gasteiger partial charge in [-0.3, -0.25) is 9.97 Å². The van der Waals surface area contributed by atoms with Gasteiger partial charge in [-0.1, -0.05) is 0 Å². The van der Waals surface area contributed by atoms with Crippen LogP contribution in [0.5, 0.6) is 0 Å². The third-order valence-corrected chi connectivity index (χ3v) is 4.72. The van der Waals surface area contributed by atoms with E-state index in [-0.39, 0.29) is 0 Å². The number of rotatable bonds is 3.